The van der Waals surface area contributed by atoms with Gasteiger partial charge in [-0.3, -0.25) is 0 Å². The van der Waals surface area contributed by atoms with E-state index in [0.717, 1.165) is 11.8 Å². The minimum atomic E-state index is 0.798. The van der Waals surface area contributed by atoms with Gasteiger partial charge in [-0.15, -0.1) is 0 Å². The Morgan fingerprint density at radius 3 is 1.93 bits per heavy atom. The Morgan fingerprint density at radius 2 is 1.53 bits per heavy atom. The van der Waals surface area contributed by atoms with E-state index in [1.54, 1.807) is 0 Å². The average Bonchev–Trinajstić information content (AvgIpc) is 2.16. The summed E-state index contributed by atoms with van der Waals surface area (Å²) in [4.78, 5) is 0. The molecule has 0 nitrogen and oxygen atoms in total. The number of rotatable bonds is 9. The Kier molecular flexibility index (Phi) is 8.85. The summed E-state index contributed by atoms with van der Waals surface area (Å²) >= 11 is 0. The van der Waals surface area contributed by atoms with Crippen LogP contribution in [0.15, 0.2) is 12.2 Å². The monoisotopic (exact) mass is 210 g/mol. The maximum atomic E-state index is 4.29. The molecule has 0 aromatic rings. The molecule has 0 amide bonds. The van der Waals surface area contributed by atoms with Crippen LogP contribution in [0.1, 0.15) is 72.6 Å². The Morgan fingerprint density at radius 1 is 1.00 bits per heavy atom. The minimum Gasteiger partial charge on any atom is -0.0996 e. The van der Waals surface area contributed by atoms with Crippen LogP contribution in [0.3, 0.4) is 0 Å². The van der Waals surface area contributed by atoms with Gasteiger partial charge in [-0.2, -0.15) is 0 Å². The van der Waals surface area contributed by atoms with Gasteiger partial charge in [0.25, 0.3) is 0 Å². The van der Waals surface area contributed by atoms with Gasteiger partial charge in [0.15, 0.2) is 0 Å². The fourth-order valence-electron chi connectivity index (χ4n) is 2.19. The van der Waals surface area contributed by atoms with Crippen molar-refractivity contribution in [2.24, 2.45) is 11.8 Å². The van der Waals surface area contributed by atoms with Gasteiger partial charge in [0.1, 0.15) is 0 Å². The van der Waals surface area contributed by atoms with E-state index in [4.69, 9.17) is 0 Å². The first-order valence-electron chi connectivity index (χ1n) is 6.79. The molecule has 0 N–H and O–H groups in total. The predicted molar refractivity (Wildman–Crippen MR) is 71.1 cm³/mol. The summed E-state index contributed by atoms with van der Waals surface area (Å²) < 4.78 is 0. The standard InChI is InChI=1S/C15H30/c1-6-9-15(10-7-2)14(5)12-8-11-13(3)4/h13,15H,5-12H2,1-4H3. The summed E-state index contributed by atoms with van der Waals surface area (Å²) in [7, 11) is 0. The summed E-state index contributed by atoms with van der Waals surface area (Å²) in [5.74, 6) is 1.64. The van der Waals surface area contributed by atoms with Crippen molar-refractivity contribution in [2.45, 2.75) is 72.6 Å². The van der Waals surface area contributed by atoms with Gasteiger partial charge in [0.2, 0.25) is 0 Å². The van der Waals surface area contributed by atoms with Crippen LogP contribution in [0.25, 0.3) is 0 Å². The van der Waals surface area contributed by atoms with Crippen molar-refractivity contribution < 1.29 is 0 Å². The van der Waals surface area contributed by atoms with Crippen LogP contribution in [0.2, 0.25) is 0 Å². The molecule has 0 heterocycles. The summed E-state index contributed by atoms with van der Waals surface area (Å²) in [6.45, 7) is 13.5. The van der Waals surface area contributed by atoms with Crippen molar-refractivity contribution >= 4 is 0 Å². The van der Waals surface area contributed by atoms with Crippen LogP contribution in [-0.2, 0) is 0 Å². The zero-order valence-electron chi connectivity index (χ0n) is 11.3. The molecule has 0 unspecified atom stereocenters. The van der Waals surface area contributed by atoms with Crippen molar-refractivity contribution in [3.63, 3.8) is 0 Å². The van der Waals surface area contributed by atoms with E-state index in [9.17, 15) is 0 Å². The Balaban J connectivity index is 3.80. The Hall–Kier alpha value is -0.260. The van der Waals surface area contributed by atoms with Gasteiger partial charge in [-0.25, -0.2) is 0 Å². The summed E-state index contributed by atoms with van der Waals surface area (Å²) in [6, 6.07) is 0. The highest BCUT2D eigenvalue weighted by molar-refractivity contribution is 5.00. The highest BCUT2D eigenvalue weighted by atomic mass is 14.2. The second-order valence-corrected chi connectivity index (χ2v) is 5.22. The van der Waals surface area contributed by atoms with E-state index in [1.807, 2.05) is 0 Å². The van der Waals surface area contributed by atoms with E-state index >= 15 is 0 Å². The molecule has 0 aromatic heterocycles. The maximum Gasteiger partial charge on any atom is -0.0206 e. The highest BCUT2D eigenvalue weighted by Gasteiger charge is 2.10. The molecule has 0 fully saturated rings. The smallest absolute Gasteiger partial charge is 0.0206 e. The number of allylic oxidation sites excluding steroid dienone is 1. The first-order valence-corrected chi connectivity index (χ1v) is 6.79. The van der Waals surface area contributed by atoms with Crippen LogP contribution in [-0.4, -0.2) is 0 Å². The summed E-state index contributed by atoms with van der Waals surface area (Å²) in [5, 5.41) is 0. The molecular formula is C15H30. The van der Waals surface area contributed by atoms with Crippen molar-refractivity contribution in [3.8, 4) is 0 Å². The van der Waals surface area contributed by atoms with Crippen molar-refractivity contribution in [2.75, 3.05) is 0 Å². The van der Waals surface area contributed by atoms with Gasteiger partial charge in [-0.05, 0) is 37.5 Å². The van der Waals surface area contributed by atoms with E-state index in [1.165, 1.54) is 50.5 Å². The first-order chi connectivity index (χ1) is 7.11. The van der Waals surface area contributed by atoms with Crippen molar-refractivity contribution in [1.82, 2.24) is 0 Å². The topological polar surface area (TPSA) is 0 Å². The molecule has 90 valence electrons. The molecule has 0 saturated carbocycles. The molecule has 0 aliphatic rings. The fraction of sp³-hybridized carbons (Fsp3) is 0.867. The van der Waals surface area contributed by atoms with Gasteiger partial charge in [-0.1, -0.05) is 59.1 Å². The number of hydrogen-bond donors (Lipinski definition) is 0. The van der Waals surface area contributed by atoms with Crippen LogP contribution in [0.5, 0.6) is 0 Å². The van der Waals surface area contributed by atoms with Gasteiger partial charge >= 0.3 is 0 Å². The lowest BCUT2D eigenvalue weighted by molar-refractivity contribution is 0.472. The second-order valence-electron chi connectivity index (χ2n) is 5.22. The highest BCUT2D eigenvalue weighted by Crippen LogP contribution is 2.25. The van der Waals surface area contributed by atoms with Crippen LogP contribution in [0, 0.1) is 11.8 Å². The molecule has 0 aliphatic carbocycles. The molecule has 0 bridgehead atoms. The maximum absolute atomic E-state index is 4.29. The van der Waals surface area contributed by atoms with Crippen LogP contribution in [0.4, 0.5) is 0 Å². The zero-order valence-corrected chi connectivity index (χ0v) is 11.3. The molecule has 15 heavy (non-hydrogen) atoms. The Bertz CT molecular complexity index is 149. The molecule has 0 spiro atoms. The third-order valence-corrected chi connectivity index (χ3v) is 3.13. The van der Waals surface area contributed by atoms with Gasteiger partial charge < -0.3 is 0 Å². The van der Waals surface area contributed by atoms with E-state index < -0.39 is 0 Å². The van der Waals surface area contributed by atoms with Gasteiger partial charge in [0.05, 0.1) is 0 Å². The van der Waals surface area contributed by atoms with Crippen LogP contribution >= 0.6 is 0 Å². The first kappa shape index (κ1) is 14.7. The fourth-order valence-corrected chi connectivity index (χ4v) is 2.19. The van der Waals surface area contributed by atoms with Crippen molar-refractivity contribution in [1.29, 1.82) is 0 Å². The molecule has 0 aliphatic heterocycles. The lowest BCUT2D eigenvalue weighted by Crippen LogP contribution is -2.03. The molecule has 0 saturated heterocycles. The van der Waals surface area contributed by atoms with E-state index in [-0.39, 0.29) is 0 Å². The predicted octanol–water partition coefficient (Wildman–Crippen LogP) is 5.59. The SMILES string of the molecule is C=C(CCCC(C)C)C(CCC)CCC. The zero-order chi connectivity index (χ0) is 11.7. The van der Waals surface area contributed by atoms with Crippen molar-refractivity contribution in [3.05, 3.63) is 12.2 Å². The van der Waals surface area contributed by atoms with E-state index in [2.05, 4.69) is 34.3 Å². The Labute approximate surface area is 97.2 Å². The second kappa shape index (κ2) is 9.00. The summed E-state index contributed by atoms with van der Waals surface area (Å²) in [6.07, 6.45) is 9.22. The molecule has 0 radical (unpaired) electrons. The van der Waals surface area contributed by atoms with Crippen LogP contribution < -0.4 is 0 Å². The third kappa shape index (κ3) is 7.64. The normalized spacial score (nSPS) is 11.3. The largest absolute Gasteiger partial charge is 0.0996 e. The third-order valence-electron chi connectivity index (χ3n) is 3.13. The summed E-state index contributed by atoms with van der Waals surface area (Å²) in [5.41, 5.74) is 1.51. The quantitative estimate of drug-likeness (QED) is 0.435. The molecular weight excluding hydrogens is 180 g/mol. The van der Waals surface area contributed by atoms with Gasteiger partial charge in [0, 0.05) is 0 Å². The lowest BCUT2D eigenvalue weighted by atomic mass is 9.87. The molecule has 0 aromatic carbocycles. The lowest BCUT2D eigenvalue weighted by Gasteiger charge is -2.18. The minimum absolute atomic E-state index is 0.798. The number of hydrogen-bond acceptors (Lipinski definition) is 0. The molecule has 0 heteroatoms. The average molecular weight is 210 g/mol. The molecule has 0 atom stereocenters. The molecule has 0 rings (SSSR count). The van der Waals surface area contributed by atoms with E-state index in [0.29, 0.717) is 0 Å².